The Morgan fingerprint density at radius 3 is 2.23 bits per heavy atom. The lowest BCUT2D eigenvalue weighted by Gasteiger charge is -2.19. The van der Waals surface area contributed by atoms with Gasteiger partial charge in [0.25, 0.3) is 11.8 Å². The van der Waals surface area contributed by atoms with Gasteiger partial charge in [-0.05, 0) is 40.5 Å². The standard InChI is InChI=1S/C33H25ClN2O6S/c1-41-33(40)42-27-15-25-30(23-9-5-4-8-22(23)27)18(16-34)17-36(25)32(39)29-11-10-28(43-29)31(38)35-13-12-20-19-6-2-3-7-21(19)26(37)14-24(20)35/h2-11,14-15,18,37H,12-13,16-17H2,1H3. The van der Waals surface area contributed by atoms with E-state index in [2.05, 4.69) is 0 Å². The third kappa shape index (κ3) is 4.38. The summed E-state index contributed by atoms with van der Waals surface area (Å²) in [6.45, 7) is 0.826. The number of aromatic hydroxyl groups is 1. The van der Waals surface area contributed by atoms with Crippen molar-refractivity contribution in [3.8, 4) is 11.5 Å². The Labute approximate surface area is 255 Å². The number of alkyl halides is 1. The molecule has 10 heteroatoms. The number of hydrogen-bond donors (Lipinski definition) is 1. The molecule has 1 atom stereocenters. The second kappa shape index (κ2) is 10.6. The van der Waals surface area contributed by atoms with Gasteiger partial charge in [-0.2, -0.15) is 0 Å². The van der Waals surface area contributed by atoms with Crippen LogP contribution in [0.1, 0.15) is 36.4 Å². The highest BCUT2D eigenvalue weighted by molar-refractivity contribution is 7.16. The van der Waals surface area contributed by atoms with Crippen LogP contribution in [0.15, 0.2) is 72.8 Å². The van der Waals surface area contributed by atoms with Crippen LogP contribution < -0.4 is 14.5 Å². The summed E-state index contributed by atoms with van der Waals surface area (Å²) in [5.41, 5.74) is 3.22. The normalized spacial score (nSPS) is 15.5. The van der Waals surface area contributed by atoms with Gasteiger partial charge >= 0.3 is 6.16 Å². The fourth-order valence-corrected chi connectivity index (χ4v) is 7.40. The molecule has 4 aromatic carbocycles. The summed E-state index contributed by atoms with van der Waals surface area (Å²) in [5, 5.41) is 13.9. The fraction of sp³-hybridized carbons (Fsp3) is 0.182. The summed E-state index contributed by atoms with van der Waals surface area (Å²) in [7, 11) is 1.23. The lowest BCUT2D eigenvalue weighted by molar-refractivity contribution is 0.0986. The number of thiophene rings is 1. The van der Waals surface area contributed by atoms with E-state index in [1.54, 1.807) is 34.1 Å². The molecular formula is C33H25ClN2O6S. The van der Waals surface area contributed by atoms with E-state index < -0.39 is 6.16 Å². The van der Waals surface area contributed by atoms with E-state index in [0.717, 1.165) is 38.6 Å². The minimum Gasteiger partial charge on any atom is -0.507 e. The van der Waals surface area contributed by atoms with E-state index in [0.29, 0.717) is 51.9 Å². The molecule has 5 aromatic rings. The molecule has 0 saturated heterocycles. The summed E-state index contributed by atoms with van der Waals surface area (Å²) in [4.78, 5) is 43.8. The zero-order valence-corrected chi connectivity index (χ0v) is 24.6. The second-order valence-electron chi connectivity index (χ2n) is 10.5. The van der Waals surface area contributed by atoms with Gasteiger partial charge in [-0.15, -0.1) is 22.9 Å². The van der Waals surface area contributed by atoms with Crippen molar-refractivity contribution in [2.24, 2.45) is 0 Å². The molecule has 216 valence electrons. The van der Waals surface area contributed by atoms with Crippen molar-refractivity contribution in [2.45, 2.75) is 12.3 Å². The molecule has 43 heavy (non-hydrogen) atoms. The highest BCUT2D eigenvalue weighted by atomic mass is 35.5. The van der Waals surface area contributed by atoms with Crippen LogP contribution in [0.3, 0.4) is 0 Å². The fourth-order valence-electron chi connectivity index (χ4n) is 6.24. The number of phenols is 1. The topological polar surface area (TPSA) is 96.4 Å². The zero-order chi connectivity index (χ0) is 29.8. The van der Waals surface area contributed by atoms with E-state index in [1.165, 1.54) is 7.11 Å². The molecule has 1 unspecified atom stereocenters. The SMILES string of the molecule is COC(=O)Oc1cc2c(c3ccccc13)C(CCl)CN2C(=O)c1ccc(C(=O)N2CCc3c2cc(O)c2ccccc32)s1. The Kier molecular flexibility index (Phi) is 6.71. The number of hydrogen-bond acceptors (Lipinski definition) is 7. The molecule has 2 aliphatic heterocycles. The third-order valence-electron chi connectivity index (χ3n) is 8.18. The molecular weight excluding hydrogens is 588 g/mol. The van der Waals surface area contributed by atoms with Crippen molar-refractivity contribution in [1.82, 2.24) is 0 Å². The Bertz CT molecular complexity index is 1970. The number of phenolic OH excluding ortho intramolecular Hbond substituents is 1. The average Bonchev–Trinajstić information content (AvgIpc) is 3.78. The van der Waals surface area contributed by atoms with Crippen LogP contribution >= 0.6 is 22.9 Å². The maximum Gasteiger partial charge on any atom is 0.513 e. The largest absolute Gasteiger partial charge is 0.513 e. The van der Waals surface area contributed by atoms with Gasteiger partial charge in [-0.1, -0.05) is 48.5 Å². The Morgan fingerprint density at radius 1 is 0.884 bits per heavy atom. The first-order chi connectivity index (χ1) is 20.9. The van der Waals surface area contributed by atoms with E-state index in [-0.39, 0.29) is 29.2 Å². The molecule has 0 fully saturated rings. The molecule has 3 heterocycles. The minimum absolute atomic E-state index is 0.126. The van der Waals surface area contributed by atoms with Crippen LogP contribution in [0.25, 0.3) is 21.5 Å². The quantitative estimate of drug-likeness (QED) is 0.132. The first-order valence-corrected chi connectivity index (χ1v) is 15.1. The lowest BCUT2D eigenvalue weighted by atomic mass is 9.95. The zero-order valence-electron chi connectivity index (χ0n) is 23.0. The number of rotatable bonds is 4. The lowest BCUT2D eigenvalue weighted by Crippen LogP contribution is -2.29. The highest BCUT2D eigenvalue weighted by Gasteiger charge is 2.36. The molecule has 2 aliphatic rings. The molecule has 1 N–H and O–H groups in total. The van der Waals surface area contributed by atoms with Gasteiger partial charge in [-0.25, -0.2) is 4.79 Å². The van der Waals surface area contributed by atoms with E-state index in [1.807, 2.05) is 48.5 Å². The van der Waals surface area contributed by atoms with Gasteiger partial charge in [0, 0.05) is 47.8 Å². The summed E-state index contributed by atoms with van der Waals surface area (Å²) in [6.07, 6.45) is -0.186. The first kappa shape index (κ1) is 27.2. The number of halogens is 1. The number of nitrogens with zero attached hydrogens (tertiary/aromatic N) is 2. The molecule has 7 rings (SSSR count). The molecule has 0 bridgehead atoms. The average molecular weight is 613 g/mol. The molecule has 0 aliphatic carbocycles. The van der Waals surface area contributed by atoms with Gasteiger partial charge in [0.2, 0.25) is 0 Å². The number of benzene rings is 4. The monoisotopic (exact) mass is 612 g/mol. The Morgan fingerprint density at radius 2 is 1.53 bits per heavy atom. The van der Waals surface area contributed by atoms with Gasteiger partial charge in [0.1, 0.15) is 11.5 Å². The van der Waals surface area contributed by atoms with Gasteiger partial charge in [-0.3, -0.25) is 9.59 Å². The van der Waals surface area contributed by atoms with Crippen molar-refractivity contribution in [3.63, 3.8) is 0 Å². The summed E-state index contributed by atoms with van der Waals surface area (Å²) >= 11 is 7.52. The van der Waals surface area contributed by atoms with E-state index in [9.17, 15) is 19.5 Å². The van der Waals surface area contributed by atoms with Crippen molar-refractivity contribution in [2.75, 3.05) is 35.9 Å². The van der Waals surface area contributed by atoms with Gasteiger partial charge in [0.05, 0.1) is 28.2 Å². The number of amides is 2. The maximum absolute atomic E-state index is 13.9. The predicted octanol–water partition coefficient (Wildman–Crippen LogP) is 7.09. The number of methoxy groups -OCH3 is 1. The maximum atomic E-state index is 13.9. The molecule has 1 aromatic heterocycles. The van der Waals surface area contributed by atoms with Gasteiger partial charge < -0.3 is 24.4 Å². The first-order valence-electron chi connectivity index (χ1n) is 13.7. The van der Waals surface area contributed by atoms with Crippen LogP contribution in [-0.4, -0.2) is 49.2 Å². The number of fused-ring (bicyclic) bond motifs is 6. The number of carbonyl (C=O) groups is 3. The van der Waals surface area contributed by atoms with E-state index in [4.69, 9.17) is 21.1 Å². The number of ether oxygens (including phenoxy) is 2. The number of carbonyl (C=O) groups excluding carboxylic acids is 3. The van der Waals surface area contributed by atoms with Crippen molar-refractivity contribution in [3.05, 3.63) is 93.7 Å². The smallest absolute Gasteiger partial charge is 0.507 e. The summed E-state index contributed by atoms with van der Waals surface area (Å²) in [5.74, 6) is 0.0605. The summed E-state index contributed by atoms with van der Waals surface area (Å²) < 4.78 is 10.2. The van der Waals surface area contributed by atoms with Crippen LogP contribution in [0.2, 0.25) is 0 Å². The molecule has 0 saturated carbocycles. The van der Waals surface area contributed by atoms with E-state index >= 15 is 0 Å². The Hall–Kier alpha value is -4.60. The second-order valence-corrected chi connectivity index (χ2v) is 11.9. The highest BCUT2D eigenvalue weighted by Crippen LogP contribution is 2.46. The van der Waals surface area contributed by atoms with Crippen LogP contribution in [0, 0.1) is 0 Å². The third-order valence-corrected chi connectivity index (χ3v) is 9.61. The van der Waals surface area contributed by atoms with Crippen molar-refractivity contribution < 1.29 is 29.0 Å². The summed E-state index contributed by atoms with van der Waals surface area (Å²) in [6, 6.07) is 21.8. The molecule has 8 nitrogen and oxygen atoms in total. The van der Waals surface area contributed by atoms with Crippen molar-refractivity contribution in [1.29, 1.82) is 0 Å². The van der Waals surface area contributed by atoms with Crippen molar-refractivity contribution >= 4 is 73.8 Å². The number of anilines is 2. The molecule has 0 radical (unpaired) electrons. The van der Waals surface area contributed by atoms with Crippen LogP contribution in [0.5, 0.6) is 11.5 Å². The predicted molar refractivity (Wildman–Crippen MR) is 167 cm³/mol. The van der Waals surface area contributed by atoms with Crippen LogP contribution in [-0.2, 0) is 11.2 Å². The van der Waals surface area contributed by atoms with Crippen LogP contribution in [0.4, 0.5) is 16.2 Å². The van der Waals surface area contributed by atoms with Gasteiger partial charge in [0.15, 0.2) is 0 Å². The molecule has 0 spiro atoms. The minimum atomic E-state index is -0.860. The Balaban J connectivity index is 1.22. The molecule has 2 amide bonds.